The lowest BCUT2D eigenvalue weighted by atomic mass is 9.90. The molecular formula is C26H28N2O3S. The van der Waals surface area contributed by atoms with E-state index in [-0.39, 0.29) is 17.6 Å². The summed E-state index contributed by atoms with van der Waals surface area (Å²) in [4.78, 5) is 13.5. The molecule has 0 spiro atoms. The molecule has 0 radical (unpaired) electrons. The zero-order chi connectivity index (χ0) is 22.3. The lowest BCUT2D eigenvalue weighted by molar-refractivity contribution is 0.314. The van der Waals surface area contributed by atoms with Crippen LogP contribution in [0.4, 0.5) is 0 Å². The summed E-state index contributed by atoms with van der Waals surface area (Å²) in [6, 6.07) is 22.0. The zero-order valence-corrected chi connectivity index (χ0v) is 19.0. The summed E-state index contributed by atoms with van der Waals surface area (Å²) in [7, 11) is -3.39. The summed E-state index contributed by atoms with van der Waals surface area (Å²) in [6.45, 7) is 0. The number of sulfonamides is 1. The monoisotopic (exact) mass is 448 g/mol. The van der Waals surface area contributed by atoms with Crippen molar-refractivity contribution in [1.82, 2.24) is 9.29 Å². The molecule has 2 heterocycles. The van der Waals surface area contributed by atoms with Gasteiger partial charge in [0.15, 0.2) is 0 Å². The fourth-order valence-electron chi connectivity index (χ4n) is 4.95. The number of aryl methyl sites for hydroxylation is 1. The minimum atomic E-state index is -3.39. The van der Waals surface area contributed by atoms with Crippen LogP contribution in [-0.4, -0.2) is 25.3 Å². The second-order valence-electron chi connectivity index (χ2n) is 9.10. The van der Waals surface area contributed by atoms with Crippen molar-refractivity contribution in [3.05, 3.63) is 93.9 Å². The highest BCUT2D eigenvalue weighted by Crippen LogP contribution is 2.39. The van der Waals surface area contributed by atoms with E-state index >= 15 is 0 Å². The van der Waals surface area contributed by atoms with Crippen LogP contribution in [0.3, 0.4) is 0 Å². The Hall–Kier alpha value is -2.70. The molecule has 6 heteroatoms. The Labute approximate surface area is 189 Å². The maximum absolute atomic E-state index is 13.5. The van der Waals surface area contributed by atoms with Gasteiger partial charge in [-0.05, 0) is 60.8 Å². The molecule has 1 N–H and O–H groups in total. The number of hydrogen-bond donors (Lipinski definition) is 1. The predicted molar refractivity (Wildman–Crippen MR) is 127 cm³/mol. The number of aromatic nitrogens is 1. The van der Waals surface area contributed by atoms with Gasteiger partial charge in [-0.25, -0.2) is 13.1 Å². The summed E-state index contributed by atoms with van der Waals surface area (Å²) in [6.07, 6.45) is 5.27. The largest absolute Gasteiger partial charge is 0.307 e. The second-order valence-corrected chi connectivity index (χ2v) is 10.9. The first-order valence-corrected chi connectivity index (χ1v) is 13.1. The molecule has 5 nitrogen and oxygen atoms in total. The third kappa shape index (κ3) is 4.43. The van der Waals surface area contributed by atoms with E-state index < -0.39 is 10.0 Å². The van der Waals surface area contributed by atoms with E-state index in [0.717, 1.165) is 40.8 Å². The fraction of sp³-hybridized carbons (Fsp3) is 0.346. The Morgan fingerprint density at radius 2 is 1.69 bits per heavy atom. The molecule has 2 aromatic carbocycles. The molecule has 3 aromatic rings. The fourth-order valence-corrected chi connectivity index (χ4v) is 5.78. The number of fused-ring (bicyclic) bond motifs is 1. The number of nitrogens with one attached hydrogen (secondary N) is 1. The molecule has 1 saturated carbocycles. The minimum Gasteiger partial charge on any atom is -0.307 e. The molecule has 166 valence electrons. The van der Waals surface area contributed by atoms with E-state index in [2.05, 4.69) is 41.1 Å². The van der Waals surface area contributed by atoms with E-state index in [4.69, 9.17) is 0 Å². The van der Waals surface area contributed by atoms with E-state index in [9.17, 15) is 13.2 Å². The Morgan fingerprint density at radius 1 is 0.938 bits per heavy atom. The standard InChI is InChI=1S/C26H28N2O3S/c1-32(30,31)27-24-15-13-22-12-14-23(20-10-11-20)26(29)28(22)25(24)17-18-6-5-9-21(16-18)19-7-3-2-4-8-19/h2-9,12,14,16,20,24-25,27H,10-11,13,15,17H2,1H3/t24-,25-/m0/s1. The summed E-state index contributed by atoms with van der Waals surface area (Å²) in [5, 5.41) is 0. The molecule has 1 aliphatic heterocycles. The van der Waals surface area contributed by atoms with E-state index in [1.807, 2.05) is 34.9 Å². The van der Waals surface area contributed by atoms with Crippen LogP contribution < -0.4 is 10.3 Å². The number of pyridine rings is 1. The van der Waals surface area contributed by atoms with Crippen molar-refractivity contribution in [2.75, 3.05) is 6.26 Å². The highest BCUT2D eigenvalue weighted by atomic mass is 32.2. The maximum atomic E-state index is 13.5. The van der Waals surface area contributed by atoms with Gasteiger partial charge in [0.1, 0.15) is 0 Å². The third-order valence-corrected chi connectivity index (χ3v) is 7.33. The molecule has 0 saturated heterocycles. The molecule has 1 fully saturated rings. The van der Waals surface area contributed by atoms with Crippen LogP contribution >= 0.6 is 0 Å². The maximum Gasteiger partial charge on any atom is 0.254 e. The number of nitrogens with zero attached hydrogens (tertiary/aromatic N) is 1. The van der Waals surface area contributed by atoms with Crippen LogP contribution in [-0.2, 0) is 22.9 Å². The molecule has 5 rings (SSSR count). The zero-order valence-electron chi connectivity index (χ0n) is 18.2. The topological polar surface area (TPSA) is 68.2 Å². The average Bonchev–Trinajstić information content (AvgIpc) is 3.61. The normalized spacial score (nSPS) is 20.7. The van der Waals surface area contributed by atoms with Crippen molar-refractivity contribution in [1.29, 1.82) is 0 Å². The molecule has 0 unspecified atom stereocenters. The van der Waals surface area contributed by atoms with Gasteiger partial charge < -0.3 is 4.57 Å². The van der Waals surface area contributed by atoms with Crippen LogP contribution in [0.2, 0.25) is 0 Å². The smallest absolute Gasteiger partial charge is 0.254 e. The van der Waals surface area contributed by atoms with Crippen LogP contribution in [0, 0.1) is 0 Å². The molecule has 1 aliphatic carbocycles. The molecule has 0 amide bonds. The van der Waals surface area contributed by atoms with Gasteiger partial charge in [0.25, 0.3) is 5.56 Å². The van der Waals surface area contributed by atoms with E-state index in [1.54, 1.807) is 0 Å². The van der Waals surface area contributed by atoms with Crippen molar-refractivity contribution in [3.8, 4) is 11.1 Å². The van der Waals surface area contributed by atoms with Gasteiger partial charge in [0.2, 0.25) is 10.0 Å². The van der Waals surface area contributed by atoms with E-state index in [0.29, 0.717) is 25.2 Å². The second kappa shape index (κ2) is 8.34. The Bertz CT molecular complexity index is 1290. The van der Waals surface area contributed by atoms with Gasteiger partial charge in [0, 0.05) is 17.3 Å². The van der Waals surface area contributed by atoms with Gasteiger partial charge in [-0.1, -0.05) is 60.7 Å². The van der Waals surface area contributed by atoms with Gasteiger partial charge >= 0.3 is 0 Å². The third-order valence-electron chi connectivity index (χ3n) is 6.60. The quantitative estimate of drug-likeness (QED) is 0.619. The number of hydrogen-bond acceptors (Lipinski definition) is 3. The van der Waals surface area contributed by atoms with Crippen LogP contribution in [0.1, 0.15) is 48.0 Å². The molecule has 0 bridgehead atoms. The Morgan fingerprint density at radius 3 is 2.41 bits per heavy atom. The van der Waals surface area contributed by atoms with Crippen molar-refractivity contribution in [3.63, 3.8) is 0 Å². The SMILES string of the molecule is CS(=O)(=O)N[C@H]1CCc2ccc(C3CC3)c(=O)n2[C@H]1Cc1cccc(-c2ccccc2)c1. The first kappa shape index (κ1) is 21.2. The van der Waals surface area contributed by atoms with Gasteiger partial charge in [-0.15, -0.1) is 0 Å². The lowest BCUT2D eigenvalue weighted by Gasteiger charge is -2.36. The van der Waals surface area contributed by atoms with Crippen molar-refractivity contribution >= 4 is 10.0 Å². The van der Waals surface area contributed by atoms with Crippen LogP contribution in [0.5, 0.6) is 0 Å². The number of benzene rings is 2. The molecular weight excluding hydrogens is 420 g/mol. The van der Waals surface area contributed by atoms with Gasteiger partial charge in [-0.2, -0.15) is 0 Å². The average molecular weight is 449 g/mol. The molecule has 2 atom stereocenters. The minimum absolute atomic E-state index is 0.0502. The van der Waals surface area contributed by atoms with Gasteiger partial charge in [0.05, 0.1) is 12.3 Å². The van der Waals surface area contributed by atoms with Crippen LogP contribution in [0.25, 0.3) is 11.1 Å². The number of rotatable bonds is 6. The summed E-state index contributed by atoms with van der Waals surface area (Å²) >= 11 is 0. The van der Waals surface area contributed by atoms with Crippen LogP contribution in [0.15, 0.2) is 71.5 Å². The van der Waals surface area contributed by atoms with Gasteiger partial charge in [-0.3, -0.25) is 4.79 Å². The summed E-state index contributed by atoms with van der Waals surface area (Å²) < 4.78 is 28.9. The van der Waals surface area contributed by atoms with E-state index in [1.165, 1.54) is 6.26 Å². The molecule has 32 heavy (non-hydrogen) atoms. The van der Waals surface area contributed by atoms with Crippen molar-refractivity contribution < 1.29 is 8.42 Å². The first-order chi connectivity index (χ1) is 15.4. The first-order valence-electron chi connectivity index (χ1n) is 11.2. The lowest BCUT2D eigenvalue weighted by Crippen LogP contribution is -2.48. The molecule has 1 aromatic heterocycles. The predicted octanol–water partition coefficient (Wildman–Crippen LogP) is 4.04. The van der Waals surface area contributed by atoms with Crippen molar-refractivity contribution in [2.24, 2.45) is 0 Å². The molecule has 2 aliphatic rings. The Balaban J connectivity index is 1.55. The summed E-state index contributed by atoms with van der Waals surface area (Å²) in [5.74, 6) is 0.352. The highest BCUT2D eigenvalue weighted by Gasteiger charge is 2.35. The summed E-state index contributed by atoms with van der Waals surface area (Å²) in [5.41, 5.74) is 5.26. The van der Waals surface area contributed by atoms with Crippen molar-refractivity contribution in [2.45, 2.75) is 50.1 Å². The highest BCUT2D eigenvalue weighted by molar-refractivity contribution is 7.88. The Kier molecular flexibility index (Phi) is 5.51.